The van der Waals surface area contributed by atoms with E-state index in [0.29, 0.717) is 0 Å². The Morgan fingerprint density at radius 2 is 1.92 bits per heavy atom. The second-order valence-corrected chi connectivity index (χ2v) is 4.30. The summed E-state index contributed by atoms with van der Waals surface area (Å²) in [6, 6.07) is 0.0753. The molecule has 0 bridgehead atoms. The molecule has 0 fully saturated rings. The van der Waals surface area contributed by atoms with Gasteiger partial charge < -0.3 is 10.4 Å². The van der Waals surface area contributed by atoms with Gasteiger partial charge in [-0.15, -0.1) is 0 Å². The molecule has 0 rings (SSSR count). The molecule has 0 aromatic carbocycles. The lowest BCUT2D eigenvalue weighted by molar-refractivity contribution is -0.101. The smallest absolute Gasteiger partial charge is 0.330 e. The highest BCUT2D eigenvalue weighted by molar-refractivity contribution is 9.10. The summed E-state index contributed by atoms with van der Waals surface area (Å²) < 4.78 is 25.2. The predicted octanol–water partition coefficient (Wildman–Crippen LogP) is 1.72. The third kappa shape index (κ3) is 3.78. The molecule has 0 heterocycles. The average Bonchev–Trinajstić information content (AvgIpc) is 1.81. The van der Waals surface area contributed by atoms with Gasteiger partial charge in [-0.3, -0.25) is 0 Å². The molecule has 0 aliphatic heterocycles. The van der Waals surface area contributed by atoms with Gasteiger partial charge >= 0.3 is 4.83 Å². The Hall–Kier alpha value is 0.260. The molecular weight excluding hydrogens is 232 g/mol. The number of nitrogens with one attached hydrogen (secondary N) is 1. The van der Waals surface area contributed by atoms with Crippen LogP contribution in [-0.4, -0.2) is 28.1 Å². The van der Waals surface area contributed by atoms with Crippen LogP contribution in [0.5, 0.6) is 0 Å². The van der Waals surface area contributed by atoms with Gasteiger partial charge in [-0.1, -0.05) is 13.8 Å². The van der Waals surface area contributed by atoms with Gasteiger partial charge in [0, 0.05) is 12.6 Å². The average molecular weight is 246 g/mol. The predicted molar refractivity (Wildman–Crippen MR) is 47.6 cm³/mol. The molecule has 5 heteroatoms. The van der Waals surface area contributed by atoms with Gasteiger partial charge in [0.25, 0.3) is 0 Å². The summed E-state index contributed by atoms with van der Waals surface area (Å²) in [4.78, 5) is -3.26. The molecule has 74 valence electrons. The monoisotopic (exact) mass is 245 g/mol. The van der Waals surface area contributed by atoms with E-state index in [1.54, 1.807) is 0 Å². The minimum absolute atomic E-state index is 0.0753. The molecule has 0 aliphatic carbocycles. The standard InChI is InChI=1S/C7H14BrF2NO/c1-5(2)11-4-6(3,12)7(8,9)10/h5,11-12H,4H2,1-3H3. The lowest BCUT2D eigenvalue weighted by atomic mass is 10.1. The van der Waals surface area contributed by atoms with E-state index in [1.807, 2.05) is 13.8 Å². The van der Waals surface area contributed by atoms with Crippen LogP contribution in [0.1, 0.15) is 20.8 Å². The molecule has 2 N–H and O–H groups in total. The second-order valence-electron chi connectivity index (χ2n) is 3.31. The van der Waals surface area contributed by atoms with Crippen LogP contribution in [0.25, 0.3) is 0 Å². The highest BCUT2D eigenvalue weighted by Gasteiger charge is 2.46. The Bertz CT molecular complexity index is 145. The van der Waals surface area contributed by atoms with Crippen LogP contribution < -0.4 is 5.32 Å². The molecule has 0 spiro atoms. The maximum absolute atomic E-state index is 12.6. The molecule has 0 amide bonds. The minimum atomic E-state index is -3.26. The summed E-state index contributed by atoms with van der Waals surface area (Å²) in [5.74, 6) is 0. The van der Waals surface area contributed by atoms with Crippen molar-refractivity contribution >= 4 is 15.9 Å². The van der Waals surface area contributed by atoms with Crippen LogP contribution in [0.2, 0.25) is 0 Å². The third-order valence-corrected chi connectivity index (χ3v) is 2.32. The Balaban J connectivity index is 4.05. The molecule has 0 aliphatic rings. The molecule has 0 saturated carbocycles. The molecule has 1 unspecified atom stereocenters. The quantitative estimate of drug-likeness (QED) is 0.740. The highest BCUT2D eigenvalue weighted by Crippen LogP contribution is 2.34. The van der Waals surface area contributed by atoms with E-state index in [2.05, 4.69) is 21.2 Å². The van der Waals surface area contributed by atoms with Crippen LogP contribution >= 0.6 is 15.9 Å². The van der Waals surface area contributed by atoms with E-state index in [1.165, 1.54) is 0 Å². The molecule has 0 aromatic heterocycles. The van der Waals surface area contributed by atoms with Crippen LogP contribution in [0.15, 0.2) is 0 Å². The summed E-state index contributed by atoms with van der Waals surface area (Å²) >= 11 is 2.13. The summed E-state index contributed by atoms with van der Waals surface area (Å²) in [5, 5.41) is 12.0. The molecule has 2 nitrogen and oxygen atoms in total. The van der Waals surface area contributed by atoms with Gasteiger partial charge in [0.1, 0.15) is 5.60 Å². The number of hydrogen-bond donors (Lipinski definition) is 2. The Labute approximate surface area is 79.5 Å². The zero-order valence-electron chi connectivity index (χ0n) is 7.37. The van der Waals surface area contributed by atoms with Crippen molar-refractivity contribution in [1.82, 2.24) is 5.32 Å². The van der Waals surface area contributed by atoms with Crippen molar-refractivity contribution in [2.75, 3.05) is 6.54 Å². The van der Waals surface area contributed by atoms with Gasteiger partial charge in [-0.25, -0.2) is 0 Å². The van der Waals surface area contributed by atoms with Crippen molar-refractivity contribution in [2.24, 2.45) is 0 Å². The van der Waals surface area contributed by atoms with Crippen LogP contribution in [-0.2, 0) is 0 Å². The molecule has 0 saturated heterocycles. The number of hydrogen-bond acceptors (Lipinski definition) is 2. The van der Waals surface area contributed by atoms with E-state index in [0.717, 1.165) is 6.92 Å². The number of rotatable bonds is 4. The van der Waals surface area contributed by atoms with Crippen LogP contribution in [0.4, 0.5) is 8.78 Å². The van der Waals surface area contributed by atoms with Gasteiger partial charge in [-0.2, -0.15) is 8.78 Å². The third-order valence-electron chi connectivity index (χ3n) is 1.47. The van der Waals surface area contributed by atoms with Crippen molar-refractivity contribution < 1.29 is 13.9 Å². The van der Waals surface area contributed by atoms with E-state index in [9.17, 15) is 13.9 Å². The first-order valence-corrected chi connectivity index (χ1v) is 4.48. The van der Waals surface area contributed by atoms with Crippen LogP contribution in [0, 0.1) is 0 Å². The Morgan fingerprint density at radius 3 is 2.17 bits per heavy atom. The topological polar surface area (TPSA) is 32.3 Å². The van der Waals surface area contributed by atoms with Gasteiger partial charge in [-0.05, 0) is 22.9 Å². The molecule has 0 aromatic rings. The summed E-state index contributed by atoms with van der Waals surface area (Å²) in [5.41, 5.74) is -2.06. The first-order valence-electron chi connectivity index (χ1n) is 3.69. The van der Waals surface area contributed by atoms with E-state index >= 15 is 0 Å². The first kappa shape index (κ1) is 12.3. The second kappa shape index (κ2) is 3.98. The lowest BCUT2D eigenvalue weighted by Crippen LogP contribution is -2.50. The number of halogens is 3. The fraction of sp³-hybridized carbons (Fsp3) is 1.00. The van der Waals surface area contributed by atoms with Gasteiger partial charge in [0.05, 0.1) is 0 Å². The first-order chi connectivity index (χ1) is 5.17. The maximum atomic E-state index is 12.6. The maximum Gasteiger partial charge on any atom is 0.330 e. The van der Waals surface area contributed by atoms with Crippen molar-refractivity contribution in [1.29, 1.82) is 0 Å². The zero-order valence-corrected chi connectivity index (χ0v) is 8.95. The van der Waals surface area contributed by atoms with Crippen molar-refractivity contribution in [3.05, 3.63) is 0 Å². The zero-order chi connectivity index (χ0) is 9.99. The molecule has 1 atom stereocenters. The van der Waals surface area contributed by atoms with Crippen molar-refractivity contribution in [3.8, 4) is 0 Å². The van der Waals surface area contributed by atoms with E-state index in [4.69, 9.17) is 0 Å². The largest absolute Gasteiger partial charge is 0.382 e. The molecule has 12 heavy (non-hydrogen) atoms. The minimum Gasteiger partial charge on any atom is -0.382 e. The fourth-order valence-corrected chi connectivity index (χ4v) is 0.643. The molecule has 0 radical (unpaired) electrons. The van der Waals surface area contributed by atoms with Crippen molar-refractivity contribution in [3.63, 3.8) is 0 Å². The normalized spacial score (nSPS) is 18.0. The fourth-order valence-electron chi connectivity index (χ4n) is 0.503. The molecular formula is C7H14BrF2NO. The van der Waals surface area contributed by atoms with Gasteiger partial charge in [0.2, 0.25) is 0 Å². The lowest BCUT2D eigenvalue weighted by Gasteiger charge is -2.29. The number of aliphatic hydroxyl groups is 1. The SMILES string of the molecule is CC(C)NCC(C)(O)C(F)(F)Br. The van der Waals surface area contributed by atoms with E-state index < -0.39 is 10.4 Å². The summed E-state index contributed by atoms with van der Waals surface area (Å²) in [7, 11) is 0. The highest BCUT2D eigenvalue weighted by atomic mass is 79.9. The van der Waals surface area contributed by atoms with Crippen molar-refractivity contribution in [2.45, 2.75) is 37.2 Å². The summed E-state index contributed by atoms with van der Waals surface area (Å²) in [6.45, 7) is 4.57. The Kier molecular flexibility index (Phi) is 4.07. The van der Waals surface area contributed by atoms with Crippen LogP contribution in [0.3, 0.4) is 0 Å². The summed E-state index contributed by atoms with van der Waals surface area (Å²) in [6.07, 6.45) is 0. The van der Waals surface area contributed by atoms with E-state index in [-0.39, 0.29) is 12.6 Å². The Morgan fingerprint density at radius 1 is 1.50 bits per heavy atom. The number of alkyl halides is 3. The van der Waals surface area contributed by atoms with Gasteiger partial charge in [0.15, 0.2) is 0 Å².